The lowest BCUT2D eigenvalue weighted by Crippen LogP contribution is -2.26. The Labute approximate surface area is 158 Å². The summed E-state index contributed by atoms with van der Waals surface area (Å²) in [5.74, 6) is 1.28. The van der Waals surface area contributed by atoms with Crippen LogP contribution in [0, 0.1) is 5.92 Å². The number of methoxy groups -OCH3 is 2. The highest BCUT2D eigenvalue weighted by atomic mass is 16.5. The van der Waals surface area contributed by atoms with E-state index in [1.807, 2.05) is 25.1 Å². The summed E-state index contributed by atoms with van der Waals surface area (Å²) in [6.07, 6.45) is 1.92. The highest BCUT2D eigenvalue weighted by Gasteiger charge is 2.29. The summed E-state index contributed by atoms with van der Waals surface area (Å²) in [4.78, 5) is 24.3. The lowest BCUT2D eigenvalue weighted by molar-refractivity contribution is -0.117. The Morgan fingerprint density at radius 1 is 1.00 bits per heavy atom. The second-order valence-electron chi connectivity index (χ2n) is 6.65. The van der Waals surface area contributed by atoms with Crippen LogP contribution in [-0.2, 0) is 4.79 Å². The third-order valence-electron chi connectivity index (χ3n) is 4.62. The van der Waals surface area contributed by atoms with Crippen molar-refractivity contribution in [3.63, 3.8) is 0 Å². The molecular formula is C21H24N2O4. The van der Waals surface area contributed by atoms with Gasteiger partial charge in [0.05, 0.1) is 20.3 Å². The third kappa shape index (κ3) is 4.58. The topological polar surface area (TPSA) is 76.7 Å². The van der Waals surface area contributed by atoms with Gasteiger partial charge in [-0.15, -0.1) is 0 Å². The van der Waals surface area contributed by atoms with Gasteiger partial charge in [-0.1, -0.05) is 6.07 Å². The van der Waals surface area contributed by atoms with E-state index < -0.39 is 0 Å². The summed E-state index contributed by atoms with van der Waals surface area (Å²) < 4.78 is 10.5. The number of ether oxygens (including phenoxy) is 2. The van der Waals surface area contributed by atoms with Crippen LogP contribution < -0.4 is 20.1 Å². The first-order valence-electron chi connectivity index (χ1n) is 8.95. The highest BCUT2D eigenvalue weighted by Crippen LogP contribution is 2.31. The van der Waals surface area contributed by atoms with Crippen LogP contribution in [-0.4, -0.2) is 26.0 Å². The Bertz CT molecular complexity index is 829. The molecule has 1 unspecified atom stereocenters. The predicted octanol–water partition coefficient (Wildman–Crippen LogP) is 3.54. The summed E-state index contributed by atoms with van der Waals surface area (Å²) in [7, 11) is 3.16. The number of hydrogen-bond donors (Lipinski definition) is 2. The molecule has 27 heavy (non-hydrogen) atoms. The van der Waals surface area contributed by atoms with Crippen LogP contribution in [0.1, 0.15) is 41.7 Å². The van der Waals surface area contributed by atoms with E-state index in [0.717, 1.165) is 18.4 Å². The van der Waals surface area contributed by atoms with Gasteiger partial charge < -0.3 is 20.1 Å². The van der Waals surface area contributed by atoms with Gasteiger partial charge >= 0.3 is 0 Å². The first kappa shape index (κ1) is 18.8. The molecule has 2 aromatic carbocycles. The molecule has 2 amide bonds. The molecule has 2 aromatic rings. The standard InChI is InChI=1S/C21H24N2O4/c1-13(16-8-11-18(26-2)19(12-16)27-3)22-20(24)15-6-9-17(10-7-15)23-21(25)14-4-5-14/h6-14H,4-5H2,1-3H3,(H,22,24)(H,23,25). The van der Waals surface area contributed by atoms with Crippen LogP contribution in [0.3, 0.4) is 0 Å². The van der Waals surface area contributed by atoms with Crippen molar-refractivity contribution < 1.29 is 19.1 Å². The Hall–Kier alpha value is -3.02. The zero-order chi connectivity index (χ0) is 19.4. The molecule has 6 heteroatoms. The summed E-state index contributed by atoms with van der Waals surface area (Å²) in [5.41, 5.74) is 2.15. The Morgan fingerprint density at radius 2 is 1.67 bits per heavy atom. The van der Waals surface area contributed by atoms with Gasteiger partial charge in [0.2, 0.25) is 5.91 Å². The fourth-order valence-corrected chi connectivity index (χ4v) is 2.78. The highest BCUT2D eigenvalue weighted by molar-refractivity contribution is 5.97. The number of carbonyl (C=O) groups is 2. The number of rotatable bonds is 7. The number of nitrogens with one attached hydrogen (secondary N) is 2. The smallest absolute Gasteiger partial charge is 0.251 e. The van der Waals surface area contributed by atoms with Crippen molar-refractivity contribution in [3.8, 4) is 11.5 Å². The third-order valence-corrected chi connectivity index (χ3v) is 4.62. The molecule has 1 saturated carbocycles. The molecule has 3 rings (SSSR count). The van der Waals surface area contributed by atoms with Gasteiger partial charge in [0.1, 0.15) is 0 Å². The van der Waals surface area contributed by atoms with E-state index in [4.69, 9.17) is 9.47 Å². The van der Waals surface area contributed by atoms with Gasteiger partial charge in [-0.3, -0.25) is 9.59 Å². The molecule has 0 heterocycles. The quantitative estimate of drug-likeness (QED) is 0.784. The SMILES string of the molecule is COc1ccc(C(C)NC(=O)c2ccc(NC(=O)C3CC3)cc2)cc1OC. The first-order valence-corrected chi connectivity index (χ1v) is 8.95. The summed E-state index contributed by atoms with van der Waals surface area (Å²) >= 11 is 0. The van der Waals surface area contributed by atoms with Gasteiger partial charge in [-0.25, -0.2) is 0 Å². The Balaban J connectivity index is 1.63. The molecule has 0 saturated heterocycles. The maximum Gasteiger partial charge on any atom is 0.251 e. The van der Waals surface area contributed by atoms with Crippen LogP contribution in [0.5, 0.6) is 11.5 Å². The molecule has 0 radical (unpaired) electrons. The minimum atomic E-state index is -0.202. The van der Waals surface area contributed by atoms with E-state index in [1.54, 1.807) is 38.5 Å². The molecule has 1 aliphatic rings. The number of hydrogen-bond acceptors (Lipinski definition) is 4. The average Bonchev–Trinajstić information content (AvgIpc) is 3.53. The van der Waals surface area contributed by atoms with Gasteiger partial charge in [0.25, 0.3) is 5.91 Å². The zero-order valence-electron chi connectivity index (χ0n) is 15.7. The van der Waals surface area contributed by atoms with E-state index in [9.17, 15) is 9.59 Å². The van der Waals surface area contributed by atoms with Crippen LogP contribution >= 0.6 is 0 Å². The molecule has 142 valence electrons. The molecule has 0 aliphatic heterocycles. The second kappa shape index (κ2) is 8.12. The molecule has 0 spiro atoms. The zero-order valence-corrected chi connectivity index (χ0v) is 15.7. The molecule has 1 atom stereocenters. The van der Waals surface area contributed by atoms with Gasteiger partial charge in [0.15, 0.2) is 11.5 Å². The maximum atomic E-state index is 12.5. The monoisotopic (exact) mass is 368 g/mol. The maximum absolute atomic E-state index is 12.5. The van der Waals surface area contributed by atoms with E-state index in [-0.39, 0.29) is 23.8 Å². The predicted molar refractivity (Wildman–Crippen MR) is 103 cm³/mol. The van der Waals surface area contributed by atoms with Crippen molar-refractivity contribution in [1.29, 1.82) is 0 Å². The lowest BCUT2D eigenvalue weighted by atomic mass is 10.1. The minimum absolute atomic E-state index is 0.0503. The molecule has 6 nitrogen and oxygen atoms in total. The van der Waals surface area contributed by atoms with Crippen molar-refractivity contribution in [1.82, 2.24) is 5.32 Å². The van der Waals surface area contributed by atoms with Gasteiger partial charge in [-0.2, -0.15) is 0 Å². The van der Waals surface area contributed by atoms with Crippen LogP contribution in [0.2, 0.25) is 0 Å². The molecular weight excluding hydrogens is 344 g/mol. The Morgan fingerprint density at radius 3 is 2.26 bits per heavy atom. The van der Waals surface area contributed by atoms with Crippen molar-refractivity contribution in [2.24, 2.45) is 5.92 Å². The molecule has 2 N–H and O–H groups in total. The largest absolute Gasteiger partial charge is 0.493 e. The first-order chi connectivity index (χ1) is 13.0. The number of amides is 2. The normalized spacial score (nSPS) is 14.2. The second-order valence-corrected chi connectivity index (χ2v) is 6.65. The van der Waals surface area contributed by atoms with Crippen molar-refractivity contribution in [3.05, 3.63) is 53.6 Å². The summed E-state index contributed by atoms with van der Waals surface area (Å²) in [6, 6.07) is 12.3. The Kier molecular flexibility index (Phi) is 5.64. The van der Waals surface area contributed by atoms with E-state index in [1.165, 1.54) is 0 Å². The minimum Gasteiger partial charge on any atom is -0.493 e. The van der Waals surface area contributed by atoms with Crippen molar-refractivity contribution >= 4 is 17.5 Å². The van der Waals surface area contributed by atoms with E-state index in [0.29, 0.717) is 22.7 Å². The lowest BCUT2D eigenvalue weighted by Gasteiger charge is -2.17. The van der Waals surface area contributed by atoms with Crippen LogP contribution in [0.25, 0.3) is 0 Å². The van der Waals surface area contributed by atoms with Gasteiger partial charge in [0, 0.05) is 17.2 Å². The van der Waals surface area contributed by atoms with E-state index >= 15 is 0 Å². The summed E-state index contributed by atoms with van der Waals surface area (Å²) in [6.45, 7) is 1.91. The number of benzene rings is 2. The van der Waals surface area contributed by atoms with Crippen molar-refractivity contribution in [2.75, 3.05) is 19.5 Å². The number of anilines is 1. The molecule has 0 aromatic heterocycles. The molecule has 0 bridgehead atoms. The van der Waals surface area contributed by atoms with E-state index in [2.05, 4.69) is 10.6 Å². The fraction of sp³-hybridized carbons (Fsp3) is 0.333. The average molecular weight is 368 g/mol. The van der Waals surface area contributed by atoms with Crippen LogP contribution in [0.4, 0.5) is 5.69 Å². The number of carbonyl (C=O) groups excluding carboxylic acids is 2. The fourth-order valence-electron chi connectivity index (χ4n) is 2.78. The summed E-state index contributed by atoms with van der Waals surface area (Å²) in [5, 5.41) is 5.83. The van der Waals surface area contributed by atoms with Crippen LogP contribution in [0.15, 0.2) is 42.5 Å². The van der Waals surface area contributed by atoms with Gasteiger partial charge in [-0.05, 0) is 61.7 Å². The van der Waals surface area contributed by atoms with Crippen molar-refractivity contribution in [2.45, 2.75) is 25.8 Å². The molecule has 1 aliphatic carbocycles. The molecule has 1 fully saturated rings.